The second kappa shape index (κ2) is 9.61. The topological polar surface area (TPSA) is 111 Å². The molecule has 0 aliphatic carbocycles. The first kappa shape index (κ1) is 19.6. The van der Waals surface area contributed by atoms with Crippen molar-refractivity contribution in [2.75, 3.05) is 6.54 Å². The number of carbonyl (C=O) groups excluding carboxylic acids is 2. The number of hydrogen-bond donors (Lipinski definition) is 2. The van der Waals surface area contributed by atoms with Crippen LogP contribution in [0.4, 0.5) is 4.79 Å². The Labute approximate surface area is 143 Å². The lowest BCUT2D eigenvalue weighted by Gasteiger charge is -2.17. The molecule has 8 nitrogen and oxygen atoms in total. The lowest BCUT2D eigenvalue weighted by Crippen LogP contribution is -2.41. The Kier molecular flexibility index (Phi) is 7.84. The number of aliphatic carboxylic acids is 1. The van der Waals surface area contributed by atoms with Crippen molar-refractivity contribution >= 4 is 29.6 Å². The van der Waals surface area contributed by atoms with Crippen LogP contribution in [-0.4, -0.2) is 42.1 Å². The fourth-order valence-electron chi connectivity index (χ4n) is 1.54. The van der Waals surface area contributed by atoms with E-state index in [1.807, 2.05) is 0 Å². The van der Waals surface area contributed by atoms with Crippen LogP contribution in [0.3, 0.4) is 0 Å². The van der Waals surface area contributed by atoms with Gasteiger partial charge in [0, 0.05) is 18.4 Å². The van der Waals surface area contributed by atoms with Gasteiger partial charge in [-0.2, -0.15) is 0 Å². The van der Waals surface area contributed by atoms with Gasteiger partial charge in [-0.1, -0.05) is 24.6 Å². The average Bonchev–Trinajstić information content (AvgIpc) is 2.50. The van der Waals surface area contributed by atoms with E-state index in [1.54, 1.807) is 19.1 Å². The molecule has 0 fully saturated rings. The Morgan fingerprint density at radius 2 is 2.00 bits per heavy atom. The van der Waals surface area contributed by atoms with Crippen molar-refractivity contribution in [2.24, 2.45) is 0 Å². The summed E-state index contributed by atoms with van der Waals surface area (Å²) < 4.78 is 14.8. The molecule has 132 valence electrons. The Bertz CT molecular complexity index is 593. The minimum atomic E-state index is -1.34. The van der Waals surface area contributed by atoms with Crippen LogP contribution in [0.25, 0.3) is 0 Å². The van der Waals surface area contributed by atoms with Crippen molar-refractivity contribution in [3.63, 3.8) is 0 Å². The predicted molar refractivity (Wildman–Crippen MR) is 83.8 cm³/mol. The van der Waals surface area contributed by atoms with Crippen molar-refractivity contribution in [1.29, 1.82) is 0 Å². The summed E-state index contributed by atoms with van der Waals surface area (Å²) in [4.78, 5) is 33.8. The van der Waals surface area contributed by atoms with Crippen LogP contribution in [0.15, 0.2) is 24.3 Å². The van der Waals surface area contributed by atoms with E-state index in [1.165, 1.54) is 19.1 Å². The third-order valence-electron chi connectivity index (χ3n) is 2.64. The molecule has 0 saturated heterocycles. The van der Waals surface area contributed by atoms with Gasteiger partial charge < -0.3 is 24.6 Å². The highest BCUT2D eigenvalue weighted by Crippen LogP contribution is 2.18. The maximum absolute atomic E-state index is 11.6. The molecule has 0 radical (unpaired) electrons. The fourth-order valence-corrected chi connectivity index (χ4v) is 1.73. The van der Waals surface area contributed by atoms with Crippen LogP contribution in [0.1, 0.15) is 20.3 Å². The molecule has 1 rings (SSSR count). The number of hydrogen-bond acceptors (Lipinski definition) is 6. The van der Waals surface area contributed by atoms with Crippen LogP contribution >= 0.6 is 11.6 Å². The van der Waals surface area contributed by atoms with Crippen molar-refractivity contribution in [3.05, 3.63) is 29.3 Å². The van der Waals surface area contributed by atoms with Crippen molar-refractivity contribution in [3.8, 4) is 5.75 Å². The molecular formula is C15H18ClNO7. The minimum Gasteiger partial charge on any atom is -0.478 e. The molecule has 9 heteroatoms. The van der Waals surface area contributed by atoms with Crippen molar-refractivity contribution in [1.82, 2.24) is 5.32 Å². The molecule has 0 spiro atoms. The summed E-state index contributed by atoms with van der Waals surface area (Å²) in [7, 11) is 0. The van der Waals surface area contributed by atoms with Crippen LogP contribution in [0.5, 0.6) is 5.75 Å². The largest absolute Gasteiger partial charge is 0.478 e. The number of carboxylic acid groups (broad SMARTS) is 1. The van der Waals surface area contributed by atoms with Gasteiger partial charge in [0.1, 0.15) is 5.75 Å². The SMILES string of the molecule is CCC(=O)O[C@@H](C)OC(=O)NC[C@H](Oc1cccc(Cl)c1)C(=O)O. The number of nitrogens with one attached hydrogen (secondary N) is 1. The Balaban J connectivity index is 2.50. The van der Waals surface area contributed by atoms with E-state index in [9.17, 15) is 14.4 Å². The lowest BCUT2D eigenvalue weighted by molar-refractivity contribution is -0.164. The van der Waals surface area contributed by atoms with E-state index < -0.39 is 30.4 Å². The van der Waals surface area contributed by atoms with E-state index in [2.05, 4.69) is 5.32 Å². The molecular weight excluding hydrogens is 342 g/mol. The van der Waals surface area contributed by atoms with Crippen molar-refractivity contribution in [2.45, 2.75) is 32.7 Å². The number of esters is 1. The van der Waals surface area contributed by atoms with Gasteiger partial charge in [0.2, 0.25) is 12.4 Å². The molecule has 1 aromatic rings. The molecule has 0 aliphatic rings. The molecule has 0 unspecified atom stereocenters. The van der Waals surface area contributed by atoms with Gasteiger partial charge in [-0.25, -0.2) is 9.59 Å². The number of halogens is 1. The van der Waals surface area contributed by atoms with Crippen LogP contribution in [0.2, 0.25) is 5.02 Å². The molecule has 0 bridgehead atoms. The third kappa shape index (κ3) is 7.19. The Morgan fingerprint density at radius 1 is 1.29 bits per heavy atom. The van der Waals surface area contributed by atoms with Crippen molar-refractivity contribution < 1.29 is 33.7 Å². The molecule has 2 N–H and O–H groups in total. The predicted octanol–water partition coefficient (Wildman–Crippen LogP) is 2.20. The highest BCUT2D eigenvalue weighted by Gasteiger charge is 2.22. The van der Waals surface area contributed by atoms with Gasteiger partial charge in [0.15, 0.2) is 0 Å². The zero-order chi connectivity index (χ0) is 18.1. The van der Waals surface area contributed by atoms with Crippen LogP contribution in [0, 0.1) is 0 Å². The molecule has 1 amide bonds. The summed E-state index contributed by atoms with van der Waals surface area (Å²) in [6.45, 7) is 2.61. The standard InChI is InChI=1S/C15H18ClNO7/c1-3-13(18)22-9(2)23-15(21)17-8-12(14(19)20)24-11-6-4-5-10(16)7-11/h4-7,9,12H,3,8H2,1-2H3,(H,17,21)(H,19,20)/t9-,12+/m1/s1. The second-order valence-electron chi connectivity index (χ2n) is 4.60. The molecule has 0 heterocycles. The minimum absolute atomic E-state index is 0.143. The summed E-state index contributed by atoms with van der Waals surface area (Å²) in [6, 6.07) is 6.19. The van der Waals surface area contributed by atoms with E-state index >= 15 is 0 Å². The summed E-state index contributed by atoms with van der Waals surface area (Å²) >= 11 is 5.79. The first-order valence-electron chi connectivity index (χ1n) is 7.10. The van der Waals surface area contributed by atoms with E-state index in [0.29, 0.717) is 5.02 Å². The fraction of sp³-hybridized carbons (Fsp3) is 0.400. The lowest BCUT2D eigenvalue weighted by atomic mass is 10.3. The Hall–Kier alpha value is -2.48. The van der Waals surface area contributed by atoms with E-state index in [-0.39, 0.29) is 18.7 Å². The van der Waals surface area contributed by atoms with Gasteiger partial charge in [-0.05, 0) is 18.2 Å². The highest BCUT2D eigenvalue weighted by molar-refractivity contribution is 6.30. The zero-order valence-corrected chi connectivity index (χ0v) is 13.9. The first-order valence-corrected chi connectivity index (χ1v) is 7.48. The summed E-state index contributed by atoms with van der Waals surface area (Å²) in [5, 5.41) is 11.7. The van der Waals surface area contributed by atoms with Gasteiger partial charge in [0.25, 0.3) is 0 Å². The number of rotatable bonds is 8. The quantitative estimate of drug-likeness (QED) is 0.540. The molecule has 0 aromatic heterocycles. The van der Waals surface area contributed by atoms with E-state index in [0.717, 1.165) is 0 Å². The zero-order valence-electron chi connectivity index (χ0n) is 13.2. The monoisotopic (exact) mass is 359 g/mol. The number of alkyl carbamates (subject to hydrolysis) is 1. The Morgan fingerprint density at radius 3 is 2.58 bits per heavy atom. The molecule has 1 aromatic carbocycles. The van der Waals surface area contributed by atoms with Gasteiger partial charge >= 0.3 is 18.0 Å². The number of ether oxygens (including phenoxy) is 3. The number of amides is 1. The second-order valence-corrected chi connectivity index (χ2v) is 5.04. The number of carboxylic acids is 1. The molecule has 24 heavy (non-hydrogen) atoms. The van der Waals surface area contributed by atoms with E-state index in [4.69, 9.17) is 30.9 Å². The smallest absolute Gasteiger partial charge is 0.410 e. The molecule has 2 atom stereocenters. The van der Waals surface area contributed by atoms with Gasteiger partial charge in [-0.3, -0.25) is 4.79 Å². The maximum atomic E-state index is 11.6. The first-order chi connectivity index (χ1) is 11.3. The van der Waals surface area contributed by atoms with Gasteiger partial charge in [-0.15, -0.1) is 0 Å². The summed E-state index contributed by atoms with van der Waals surface area (Å²) in [6.07, 6.45) is -3.23. The van der Waals surface area contributed by atoms with Gasteiger partial charge in [0.05, 0.1) is 6.54 Å². The molecule has 0 saturated carbocycles. The normalized spacial score (nSPS) is 12.6. The highest BCUT2D eigenvalue weighted by atomic mass is 35.5. The number of benzene rings is 1. The van der Waals surface area contributed by atoms with Crippen LogP contribution < -0.4 is 10.1 Å². The average molecular weight is 360 g/mol. The summed E-state index contributed by atoms with van der Waals surface area (Å²) in [5.41, 5.74) is 0. The summed E-state index contributed by atoms with van der Waals surface area (Å²) in [5.74, 6) is -1.56. The maximum Gasteiger partial charge on any atom is 0.410 e. The molecule has 0 aliphatic heterocycles. The number of carbonyl (C=O) groups is 3. The third-order valence-corrected chi connectivity index (χ3v) is 2.88. The van der Waals surface area contributed by atoms with Crippen LogP contribution in [-0.2, 0) is 19.1 Å².